The highest BCUT2D eigenvalue weighted by molar-refractivity contribution is 5.90. The van der Waals surface area contributed by atoms with Crippen LogP contribution in [0.4, 0.5) is 0 Å². The van der Waals surface area contributed by atoms with E-state index >= 15 is 0 Å². The number of nitrogens with one attached hydrogen (secondary N) is 1. The normalized spacial score (nSPS) is 15.7. The van der Waals surface area contributed by atoms with Crippen molar-refractivity contribution in [1.82, 2.24) is 24.6 Å². The molecule has 0 aliphatic carbocycles. The number of carbonyl (C=O) groups excluding carboxylic acids is 1. The lowest BCUT2D eigenvalue weighted by molar-refractivity contribution is 0.0523. The third kappa shape index (κ3) is 3.73. The summed E-state index contributed by atoms with van der Waals surface area (Å²) in [7, 11) is 0. The molecule has 0 amide bonds. The van der Waals surface area contributed by atoms with Crippen LogP contribution in [0.3, 0.4) is 0 Å². The van der Waals surface area contributed by atoms with Crippen molar-refractivity contribution in [1.29, 1.82) is 0 Å². The number of aromatic amines is 1. The molecule has 0 unspecified atom stereocenters. The van der Waals surface area contributed by atoms with Crippen molar-refractivity contribution in [2.24, 2.45) is 0 Å². The molecule has 1 aliphatic heterocycles. The number of fused-ring (bicyclic) bond motifs is 1. The summed E-state index contributed by atoms with van der Waals surface area (Å²) in [5.74, 6) is 0.293. The van der Waals surface area contributed by atoms with Crippen LogP contribution in [0.1, 0.15) is 48.7 Å². The molecule has 0 radical (unpaired) electrons. The summed E-state index contributed by atoms with van der Waals surface area (Å²) in [6.07, 6.45) is 6.51. The van der Waals surface area contributed by atoms with Crippen molar-refractivity contribution >= 4 is 17.0 Å². The molecule has 1 aliphatic rings. The van der Waals surface area contributed by atoms with Crippen LogP contribution in [0.15, 0.2) is 30.5 Å². The molecule has 3 aromatic rings. The van der Waals surface area contributed by atoms with E-state index in [4.69, 9.17) is 4.74 Å². The van der Waals surface area contributed by atoms with Gasteiger partial charge in [0, 0.05) is 6.54 Å². The minimum Gasteiger partial charge on any atom is -0.462 e. The minimum absolute atomic E-state index is 0.329. The first kappa shape index (κ1) is 17.7. The second-order valence-corrected chi connectivity index (χ2v) is 6.91. The number of H-pyrrole nitrogens is 1. The number of ether oxygens (including phenoxy) is 1. The number of para-hydroxylation sites is 2. The summed E-state index contributed by atoms with van der Waals surface area (Å²) in [5.41, 5.74) is 3.17. The minimum atomic E-state index is -0.329. The van der Waals surface area contributed by atoms with E-state index in [9.17, 15) is 4.79 Å². The molecule has 2 aromatic heterocycles. The molecule has 1 aromatic carbocycles. The lowest BCUT2D eigenvalue weighted by Gasteiger charge is -2.20. The zero-order chi connectivity index (χ0) is 18.6. The van der Waals surface area contributed by atoms with Gasteiger partial charge in [-0.1, -0.05) is 25.0 Å². The molecule has 0 saturated carbocycles. The smallest absolute Gasteiger partial charge is 0.341 e. The number of nitrogens with zero attached hydrogens (tertiary/aromatic N) is 4. The van der Waals surface area contributed by atoms with Gasteiger partial charge in [-0.15, -0.1) is 0 Å². The number of hydrogen-bond acceptors (Lipinski definition) is 5. The van der Waals surface area contributed by atoms with Gasteiger partial charge in [-0.05, 0) is 45.0 Å². The first-order valence-electron chi connectivity index (χ1n) is 9.67. The van der Waals surface area contributed by atoms with E-state index in [1.54, 1.807) is 10.9 Å². The number of hydrogen-bond donors (Lipinski definition) is 1. The molecular formula is C20H25N5O2. The Labute approximate surface area is 158 Å². The molecule has 7 nitrogen and oxygen atoms in total. The Bertz CT molecular complexity index is 888. The highest BCUT2D eigenvalue weighted by Gasteiger charge is 2.23. The molecule has 1 fully saturated rings. The van der Waals surface area contributed by atoms with Gasteiger partial charge in [0.05, 0.1) is 29.5 Å². The van der Waals surface area contributed by atoms with E-state index in [1.165, 1.54) is 25.7 Å². The molecule has 0 spiro atoms. The number of imidazole rings is 1. The van der Waals surface area contributed by atoms with Gasteiger partial charge in [-0.25, -0.2) is 14.5 Å². The number of rotatable bonds is 5. The number of benzene rings is 1. The predicted octanol–water partition coefficient (Wildman–Crippen LogP) is 3.30. The van der Waals surface area contributed by atoms with Gasteiger partial charge in [-0.2, -0.15) is 5.10 Å². The first-order chi connectivity index (χ1) is 13.3. The van der Waals surface area contributed by atoms with Gasteiger partial charge in [0.2, 0.25) is 5.95 Å². The number of likely N-dealkylation sites (tertiary alicyclic amines) is 1. The van der Waals surface area contributed by atoms with E-state index in [0.717, 1.165) is 29.8 Å². The molecular weight excluding hydrogens is 342 g/mol. The third-order valence-corrected chi connectivity index (χ3v) is 5.01. The fraction of sp³-hybridized carbons (Fsp3) is 0.450. The average Bonchev–Trinajstić information content (AvgIpc) is 3.19. The van der Waals surface area contributed by atoms with Gasteiger partial charge in [0.25, 0.3) is 0 Å². The lowest BCUT2D eigenvalue weighted by atomic mass is 10.2. The zero-order valence-corrected chi connectivity index (χ0v) is 15.6. The van der Waals surface area contributed by atoms with Crippen LogP contribution >= 0.6 is 0 Å². The largest absolute Gasteiger partial charge is 0.462 e. The summed E-state index contributed by atoms with van der Waals surface area (Å²) in [4.78, 5) is 22.8. The number of aromatic nitrogens is 4. The van der Waals surface area contributed by atoms with Crippen molar-refractivity contribution in [2.75, 3.05) is 19.7 Å². The lowest BCUT2D eigenvalue weighted by Crippen LogP contribution is -2.27. The maximum Gasteiger partial charge on any atom is 0.341 e. The average molecular weight is 367 g/mol. The summed E-state index contributed by atoms with van der Waals surface area (Å²) in [6.45, 7) is 4.89. The Morgan fingerprint density at radius 1 is 1.19 bits per heavy atom. The molecule has 0 atom stereocenters. The Kier molecular flexibility index (Phi) is 5.20. The van der Waals surface area contributed by atoms with Crippen LogP contribution in [0.5, 0.6) is 0 Å². The predicted molar refractivity (Wildman–Crippen MR) is 103 cm³/mol. The van der Waals surface area contributed by atoms with Gasteiger partial charge in [0.15, 0.2) is 0 Å². The summed E-state index contributed by atoms with van der Waals surface area (Å²) in [6, 6.07) is 7.86. The molecule has 4 rings (SSSR count). The number of carbonyl (C=O) groups is 1. The second-order valence-electron chi connectivity index (χ2n) is 6.91. The topological polar surface area (TPSA) is 76.0 Å². The van der Waals surface area contributed by atoms with Crippen LogP contribution < -0.4 is 0 Å². The van der Waals surface area contributed by atoms with E-state index in [2.05, 4.69) is 20.0 Å². The Morgan fingerprint density at radius 3 is 2.70 bits per heavy atom. The van der Waals surface area contributed by atoms with E-state index in [0.29, 0.717) is 24.7 Å². The maximum absolute atomic E-state index is 12.5. The molecule has 142 valence electrons. The summed E-state index contributed by atoms with van der Waals surface area (Å²) in [5, 5.41) is 4.47. The first-order valence-corrected chi connectivity index (χ1v) is 9.67. The van der Waals surface area contributed by atoms with Gasteiger partial charge in [-0.3, -0.25) is 4.90 Å². The standard InChI is InChI=1S/C20H25N5O2/c1-2-27-19(26)15-13-21-25(18(15)14-24-11-7-3-4-8-12-24)20-22-16-9-5-6-10-17(16)23-20/h5-6,9-10,13H,2-4,7-8,11-12,14H2,1H3,(H,22,23). The molecule has 1 saturated heterocycles. The van der Waals surface area contributed by atoms with Gasteiger partial charge >= 0.3 is 5.97 Å². The monoisotopic (exact) mass is 367 g/mol. The van der Waals surface area contributed by atoms with Crippen LogP contribution in [0.25, 0.3) is 17.0 Å². The fourth-order valence-corrected chi connectivity index (χ4v) is 3.63. The Balaban J connectivity index is 1.72. The molecule has 0 bridgehead atoms. The van der Waals surface area contributed by atoms with Crippen LogP contribution in [0.2, 0.25) is 0 Å². The fourth-order valence-electron chi connectivity index (χ4n) is 3.63. The molecule has 27 heavy (non-hydrogen) atoms. The second kappa shape index (κ2) is 7.92. The van der Waals surface area contributed by atoms with Crippen LogP contribution in [-0.2, 0) is 11.3 Å². The van der Waals surface area contributed by atoms with Crippen molar-refractivity contribution in [3.63, 3.8) is 0 Å². The quantitative estimate of drug-likeness (QED) is 0.700. The van der Waals surface area contributed by atoms with Crippen LogP contribution in [-0.4, -0.2) is 50.3 Å². The van der Waals surface area contributed by atoms with E-state index in [-0.39, 0.29) is 5.97 Å². The maximum atomic E-state index is 12.5. The molecule has 7 heteroatoms. The molecule has 1 N–H and O–H groups in total. The Morgan fingerprint density at radius 2 is 1.96 bits per heavy atom. The number of esters is 1. The SMILES string of the molecule is CCOC(=O)c1cnn(-c2nc3ccccc3[nH]2)c1CN1CCCCCC1. The third-order valence-electron chi connectivity index (χ3n) is 5.01. The van der Waals surface area contributed by atoms with Gasteiger partial charge < -0.3 is 9.72 Å². The summed E-state index contributed by atoms with van der Waals surface area (Å²) < 4.78 is 7.00. The highest BCUT2D eigenvalue weighted by Crippen LogP contribution is 2.21. The summed E-state index contributed by atoms with van der Waals surface area (Å²) >= 11 is 0. The zero-order valence-electron chi connectivity index (χ0n) is 15.6. The van der Waals surface area contributed by atoms with Crippen LogP contribution in [0, 0.1) is 0 Å². The van der Waals surface area contributed by atoms with Crippen molar-refractivity contribution in [3.8, 4) is 5.95 Å². The van der Waals surface area contributed by atoms with E-state index < -0.39 is 0 Å². The Hall–Kier alpha value is -2.67. The van der Waals surface area contributed by atoms with Crippen molar-refractivity contribution in [3.05, 3.63) is 41.7 Å². The highest BCUT2D eigenvalue weighted by atomic mass is 16.5. The van der Waals surface area contributed by atoms with Crippen molar-refractivity contribution < 1.29 is 9.53 Å². The van der Waals surface area contributed by atoms with Crippen molar-refractivity contribution in [2.45, 2.75) is 39.2 Å². The molecule has 3 heterocycles. The van der Waals surface area contributed by atoms with E-state index in [1.807, 2.05) is 31.2 Å². The van der Waals surface area contributed by atoms with Gasteiger partial charge in [0.1, 0.15) is 5.56 Å².